The van der Waals surface area contributed by atoms with Crippen LogP contribution >= 0.6 is 15.9 Å². The molecule has 78 valence electrons. The molecule has 3 nitrogen and oxygen atoms in total. The van der Waals surface area contributed by atoms with Gasteiger partial charge < -0.3 is 14.9 Å². The van der Waals surface area contributed by atoms with Gasteiger partial charge in [0.2, 0.25) is 0 Å². The summed E-state index contributed by atoms with van der Waals surface area (Å²) in [6.45, 7) is 0. The highest BCUT2D eigenvalue weighted by Crippen LogP contribution is 2.20. The molecule has 0 spiro atoms. The highest BCUT2D eigenvalue weighted by molar-refractivity contribution is 9.09. The summed E-state index contributed by atoms with van der Waals surface area (Å²) in [6, 6.07) is 6.96. The number of hydrogen-bond acceptors (Lipinski definition) is 3. The Bertz CT molecular complexity index is 273. The van der Waals surface area contributed by atoms with Crippen molar-refractivity contribution in [3.8, 4) is 5.75 Å². The number of methoxy groups -OCH3 is 1. The van der Waals surface area contributed by atoms with Crippen molar-refractivity contribution in [2.75, 3.05) is 12.4 Å². The zero-order valence-corrected chi connectivity index (χ0v) is 9.44. The summed E-state index contributed by atoms with van der Waals surface area (Å²) in [5.41, 5.74) is 0.678. The van der Waals surface area contributed by atoms with Crippen molar-refractivity contribution in [2.45, 2.75) is 12.2 Å². The Labute approximate surface area is 91.5 Å². The van der Waals surface area contributed by atoms with Crippen LogP contribution in [0.4, 0.5) is 0 Å². The van der Waals surface area contributed by atoms with Gasteiger partial charge >= 0.3 is 0 Å². The quantitative estimate of drug-likeness (QED) is 0.807. The van der Waals surface area contributed by atoms with E-state index < -0.39 is 12.2 Å². The monoisotopic (exact) mass is 260 g/mol. The largest absolute Gasteiger partial charge is 0.497 e. The second kappa shape index (κ2) is 5.34. The minimum atomic E-state index is -0.861. The average molecular weight is 261 g/mol. The van der Waals surface area contributed by atoms with Gasteiger partial charge in [-0.2, -0.15) is 0 Å². The maximum Gasteiger partial charge on any atom is 0.118 e. The molecule has 4 heteroatoms. The lowest BCUT2D eigenvalue weighted by Crippen LogP contribution is -2.19. The molecule has 0 aliphatic heterocycles. The SMILES string of the molecule is COc1ccc(C(O)C(O)CBr)cc1. The van der Waals surface area contributed by atoms with Gasteiger partial charge in [0.1, 0.15) is 11.9 Å². The van der Waals surface area contributed by atoms with Crippen LogP contribution in [-0.2, 0) is 0 Å². The van der Waals surface area contributed by atoms with E-state index in [9.17, 15) is 10.2 Å². The van der Waals surface area contributed by atoms with Crippen molar-refractivity contribution in [3.63, 3.8) is 0 Å². The van der Waals surface area contributed by atoms with Crippen LogP contribution in [0.3, 0.4) is 0 Å². The summed E-state index contributed by atoms with van der Waals surface area (Å²) < 4.78 is 4.98. The number of aliphatic hydroxyl groups is 2. The number of ether oxygens (including phenoxy) is 1. The van der Waals surface area contributed by atoms with E-state index in [1.165, 1.54) is 0 Å². The fraction of sp³-hybridized carbons (Fsp3) is 0.400. The first-order valence-corrected chi connectivity index (χ1v) is 5.37. The van der Waals surface area contributed by atoms with Crippen LogP contribution < -0.4 is 4.74 Å². The predicted octanol–water partition coefficient (Wildman–Crippen LogP) is 1.48. The minimum absolute atomic E-state index is 0.347. The molecular weight excluding hydrogens is 248 g/mol. The Balaban J connectivity index is 2.75. The molecule has 0 fully saturated rings. The summed E-state index contributed by atoms with van der Waals surface area (Å²) in [4.78, 5) is 0. The molecule has 1 aromatic carbocycles. The van der Waals surface area contributed by atoms with Crippen LogP contribution in [0.2, 0.25) is 0 Å². The Morgan fingerprint density at radius 3 is 2.29 bits per heavy atom. The highest BCUT2D eigenvalue weighted by atomic mass is 79.9. The molecule has 1 rings (SSSR count). The van der Waals surface area contributed by atoms with E-state index >= 15 is 0 Å². The van der Waals surface area contributed by atoms with Gasteiger partial charge in [-0.3, -0.25) is 0 Å². The summed E-state index contributed by atoms with van der Waals surface area (Å²) in [5.74, 6) is 0.731. The molecule has 2 atom stereocenters. The van der Waals surface area contributed by atoms with Crippen molar-refractivity contribution in [1.82, 2.24) is 0 Å². The van der Waals surface area contributed by atoms with Gasteiger partial charge in [-0.15, -0.1) is 0 Å². The van der Waals surface area contributed by atoms with Crippen LogP contribution in [-0.4, -0.2) is 28.8 Å². The molecule has 0 radical (unpaired) electrons. The summed E-state index contributed by atoms with van der Waals surface area (Å²) in [5, 5.41) is 19.4. The number of aliphatic hydroxyl groups excluding tert-OH is 2. The first-order chi connectivity index (χ1) is 6.69. The van der Waals surface area contributed by atoms with Crippen molar-refractivity contribution in [3.05, 3.63) is 29.8 Å². The molecule has 0 bridgehead atoms. The highest BCUT2D eigenvalue weighted by Gasteiger charge is 2.16. The molecular formula is C10H13BrO3. The smallest absolute Gasteiger partial charge is 0.118 e. The molecule has 0 saturated carbocycles. The molecule has 0 aliphatic rings. The molecule has 1 aromatic rings. The number of rotatable bonds is 4. The van der Waals surface area contributed by atoms with E-state index in [0.717, 1.165) is 5.75 Å². The lowest BCUT2D eigenvalue weighted by molar-refractivity contribution is 0.0342. The van der Waals surface area contributed by atoms with Gasteiger partial charge in [-0.05, 0) is 17.7 Å². The van der Waals surface area contributed by atoms with Crippen molar-refractivity contribution in [2.24, 2.45) is 0 Å². The molecule has 14 heavy (non-hydrogen) atoms. The van der Waals surface area contributed by atoms with Gasteiger partial charge in [-0.25, -0.2) is 0 Å². The Hall–Kier alpha value is -0.580. The molecule has 0 saturated heterocycles. The van der Waals surface area contributed by atoms with E-state index in [0.29, 0.717) is 10.9 Å². The standard InChI is InChI=1S/C10H13BrO3/c1-14-8-4-2-7(3-5-8)10(13)9(12)6-11/h2-5,9-10,12-13H,6H2,1H3. The normalized spacial score (nSPS) is 14.9. The summed E-state index contributed by atoms with van der Waals surface area (Å²) in [7, 11) is 1.58. The van der Waals surface area contributed by atoms with E-state index in [4.69, 9.17) is 4.74 Å². The first-order valence-electron chi connectivity index (χ1n) is 4.25. The van der Waals surface area contributed by atoms with E-state index in [1.807, 2.05) is 0 Å². The second-order valence-corrected chi connectivity index (χ2v) is 3.59. The van der Waals surface area contributed by atoms with E-state index in [1.54, 1.807) is 31.4 Å². The van der Waals surface area contributed by atoms with Gasteiger partial charge in [0.15, 0.2) is 0 Å². The second-order valence-electron chi connectivity index (χ2n) is 2.94. The van der Waals surface area contributed by atoms with Crippen molar-refractivity contribution < 1.29 is 14.9 Å². The maximum absolute atomic E-state index is 9.63. The van der Waals surface area contributed by atoms with Crippen LogP contribution in [0.1, 0.15) is 11.7 Å². The molecule has 0 aromatic heterocycles. The first kappa shape index (κ1) is 11.5. The minimum Gasteiger partial charge on any atom is -0.497 e. The molecule has 0 aliphatic carbocycles. The third-order valence-corrected chi connectivity index (χ3v) is 2.64. The van der Waals surface area contributed by atoms with Crippen LogP contribution in [0, 0.1) is 0 Å². The van der Waals surface area contributed by atoms with Gasteiger partial charge in [0, 0.05) is 5.33 Å². The lowest BCUT2D eigenvalue weighted by Gasteiger charge is -2.15. The predicted molar refractivity (Wildman–Crippen MR) is 57.8 cm³/mol. The topological polar surface area (TPSA) is 49.7 Å². The van der Waals surface area contributed by atoms with Crippen LogP contribution in [0.15, 0.2) is 24.3 Å². The van der Waals surface area contributed by atoms with Crippen molar-refractivity contribution in [1.29, 1.82) is 0 Å². The third-order valence-electron chi connectivity index (χ3n) is 1.98. The van der Waals surface area contributed by atoms with Gasteiger partial charge in [-0.1, -0.05) is 28.1 Å². The fourth-order valence-electron chi connectivity index (χ4n) is 1.11. The maximum atomic E-state index is 9.63. The zero-order chi connectivity index (χ0) is 10.6. The number of halogens is 1. The summed E-state index contributed by atoms with van der Waals surface area (Å²) >= 11 is 3.11. The Morgan fingerprint density at radius 2 is 1.86 bits per heavy atom. The number of hydrogen-bond donors (Lipinski definition) is 2. The zero-order valence-electron chi connectivity index (χ0n) is 7.85. The lowest BCUT2D eigenvalue weighted by atomic mass is 10.1. The molecule has 0 heterocycles. The molecule has 2 unspecified atom stereocenters. The molecule has 2 N–H and O–H groups in total. The van der Waals surface area contributed by atoms with Crippen LogP contribution in [0.5, 0.6) is 5.75 Å². The fourth-order valence-corrected chi connectivity index (χ4v) is 1.46. The van der Waals surface area contributed by atoms with Crippen LogP contribution in [0.25, 0.3) is 0 Å². The van der Waals surface area contributed by atoms with E-state index in [-0.39, 0.29) is 0 Å². The van der Waals surface area contributed by atoms with Gasteiger partial charge in [0.25, 0.3) is 0 Å². The Kier molecular flexibility index (Phi) is 4.38. The van der Waals surface area contributed by atoms with Crippen molar-refractivity contribution >= 4 is 15.9 Å². The number of alkyl halides is 1. The average Bonchev–Trinajstić information content (AvgIpc) is 2.27. The molecule has 0 amide bonds. The Morgan fingerprint density at radius 1 is 1.29 bits per heavy atom. The number of benzene rings is 1. The van der Waals surface area contributed by atoms with E-state index in [2.05, 4.69) is 15.9 Å². The van der Waals surface area contributed by atoms with Gasteiger partial charge in [0.05, 0.1) is 13.2 Å². The third kappa shape index (κ3) is 2.70. The summed E-state index contributed by atoms with van der Waals surface area (Å²) in [6.07, 6.45) is -1.65.